The average molecular weight is 177 g/mol. The summed E-state index contributed by atoms with van der Waals surface area (Å²) in [6, 6.07) is 9.88. The van der Waals surface area contributed by atoms with Crippen LogP contribution in [0.5, 0.6) is 0 Å². The molecule has 0 aliphatic carbocycles. The molecule has 0 saturated heterocycles. The van der Waals surface area contributed by atoms with E-state index in [4.69, 9.17) is 12.2 Å². The molecule has 1 heterocycles. The fraction of sp³-hybridized carbons (Fsp3) is 0.125. The topological polar surface area (TPSA) is 36.8 Å². The van der Waals surface area contributed by atoms with E-state index in [1.807, 2.05) is 30.3 Å². The van der Waals surface area contributed by atoms with Gasteiger partial charge in [-0.2, -0.15) is 5.11 Å². The normalized spacial score (nSPS) is 21.0. The summed E-state index contributed by atoms with van der Waals surface area (Å²) in [6.45, 7) is 0. The lowest BCUT2D eigenvalue weighted by molar-refractivity contribution is 0.704. The first-order valence-corrected chi connectivity index (χ1v) is 4.03. The van der Waals surface area contributed by atoms with Gasteiger partial charge in [0.1, 0.15) is 0 Å². The predicted octanol–water partition coefficient (Wildman–Crippen LogP) is 2.03. The van der Waals surface area contributed by atoms with E-state index >= 15 is 0 Å². The van der Waals surface area contributed by atoms with Crippen LogP contribution in [0.2, 0.25) is 0 Å². The van der Waals surface area contributed by atoms with Crippen LogP contribution in [0.15, 0.2) is 40.6 Å². The molecule has 1 aromatic carbocycles. The molecule has 0 radical (unpaired) electrons. The van der Waals surface area contributed by atoms with Gasteiger partial charge < -0.3 is 5.32 Å². The van der Waals surface area contributed by atoms with Crippen LogP contribution in [0, 0.1) is 0 Å². The van der Waals surface area contributed by atoms with Crippen LogP contribution >= 0.6 is 12.2 Å². The summed E-state index contributed by atoms with van der Waals surface area (Å²) in [5.41, 5.74) is 1.08. The van der Waals surface area contributed by atoms with Crippen LogP contribution in [-0.2, 0) is 0 Å². The van der Waals surface area contributed by atoms with Crippen LogP contribution in [0.1, 0.15) is 11.7 Å². The summed E-state index contributed by atoms with van der Waals surface area (Å²) in [4.78, 5) is 0. The van der Waals surface area contributed by atoms with E-state index in [1.165, 1.54) is 0 Å². The third kappa shape index (κ3) is 1.33. The van der Waals surface area contributed by atoms with Crippen LogP contribution < -0.4 is 5.32 Å². The zero-order valence-electron chi connectivity index (χ0n) is 6.27. The molecular formula is C8H7N3S. The second-order valence-electron chi connectivity index (χ2n) is 2.48. The Bertz CT molecular complexity index is 320. The van der Waals surface area contributed by atoms with Crippen molar-refractivity contribution in [3.63, 3.8) is 0 Å². The maximum Gasteiger partial charge on any atom is 0.215 e. The first-order valence-electron chi connectivity index (χ1n) is 3.62. The van der Waals surface area contributed by atoms with Gasteiger partial charge in [-0.3, -0.25) is 0 Å². The van der Waals surface area contributed by atoms with Gasteiger partial charge in [0.15, 0.2) is 6.17 Å². The molecule has 1 aliphatic rings. The minimum absolute atomic E-state index is 0.0845. The maximum atomic E-state index is 4.82. The molecule has 1 unspecified atom stereocenters. The van der Waals surface area contributed by atoms with E-state index in [9.17, 15) is 0 Å². The van der Waals surface area contributed by atoms with Gasteiger partial charge >= 0.3 is 0 Å². The molecule has 60 valence electrons. The van der Waals surface area contributed by atoms with Crippen LogP contribution in [0.4, 0.5) is 0 Å². The quantitative estimate of drug-likeness (QED) is 0.666. The molecule has 0 saturated carbocycles. The van der Waals surface area contributed by atoms with E-state index in [0.717, 1.165) is 5.56 Å². The van der Waals surface area contributed by atoms with Crippen molar-refractivity contribution >= 4 is 17.3 Å². The van der Waals surface area contributed by atoms with Crippen molar-refractivity contribution < 1.29 is 0 Å². The monoisotopic (exact) mass is 177 g/mol. The largest absolute Gasteiger partial charge is 0.333 e. The maximum absolute atomic E-state index is 4.82. The van der Waals surface area contributed by atoms with Gasteiger partial charge in [-0.1, -0.05) is 30.3 Å². The minimum atomic E-state index is -0.0845. The summed E-state index contributed by atoms with van der Waals surface area (Å²) >= 11 is 4.82. The molecule has 2 rings (SSSR count). The van der Waals surface area contributed by atoms with Crippen molar-refractivity contribution in [2.45, 2.75) is 6.17 Å². The Morgan fingerprint density at radius 2 is 2.00 bits per heavy atom. The first-order chi connectivity index (χ1) is 5.86. The van der Waals surface area contributed by atoms with Gasteiger partial charge in [-0.15, -0.1) is 5.11 Å². The molecule has 0 spiro atoms. The average Bonchev–Trinajstić information content (AvgIpc) is 2.54. The van der Waals surface area contributed by atoms with Gasteiger partial charge in [0.25, 0.3) is 0 Å². The smallest absolute Gasteiger partial charge is 0.215 e. The Morgan fingerprint density at radius 3 is 2.58 bits per heavy atom. The molecule has 1 N–H and O–H groups in total. The highest BCUT2D eigenvalue weighted by Gasteiger charge is 2.15. The van der Waals surface area contributed by atoms with E-state index in [1.54, 1.807) is 0 Å². The van der Waals surface area contributed by atoms with Crippen molar-refractivity contribution in [2.75, 3.05) is 0 Å². The van der Waals surface area contributed by atoms with Crippen molar-refractivity contribution in [1.29, 1.82) is 0 Å². The molecule has 1 aromatic rings. The SMILES string of the molecule is S=C1N=NC(c2ccccc2)N1. The van der Waals surface area contributed by atoms with Gasteiger partial charge in [-0.25, -0.2) is 0 Å². The lowest BCUT2D eigenvalue weighted by Gasteiger charge is -2.05. The molecular weight excluding hydrogens is 170 g/mol. The molecule has 1 aliphatic heterocycles. The molecule has 0 bridgehead atoms. The molecule has 0 aromatic heterocycles. The Balaban J connectivity index is 2.23. The summed E-state index contributed by atoms with van der Waals surface area (Å²) in [5, 5.41) is 11.1. The van der Waals surface area contributed by atoms with E-state index in [2.05, 4.69) is 15.5 Å². The molecule has 1 atom stereocenters. The van der Waals surface area contributed by atoms with E-state index in [0.29, 0.717) is 5.11 Å². The number of nitrogens with zero attached hydrogens (tertiary/aromatic N) is 2. The number of benzene rings is 1. The number of nitrogens with one attached hydrogen (secondary N) is 1. The fourth-order valence-corrected chi connectivity index (χ4v) is 1.23. The predicted molar refractivity (Wildman–Crippen MR) is 49.8 cm³/mol. The second-order valence-corrected chi connectivity index (χ2v) is 2.86. The van der Waals surface area contributed by atoms with Gasteiger partial charge in [-0.05, 0) is 17.8 Å². The third-order valence-corrected chi connectivity index (χ3v) is 1.84. The van der Waals surface area contributed by atoms with Crippen molar-refractivity contribution in [2.24, 2.45) is 10.2 Å². The van der Waals surface area contributed by atoms with Crippen LogP contribution in [-0.4, -0.2) is 5.11 Å². The molecule has 12 heavy (non-hydrogen) atoms. The lowest BCUT2D eigenvalue weighted by Crippen LogP contribution is -2.17. The van der Waals surface area contributed by atoms with Gasteiger partial charge in [0.05, 0.1) is 0 Å². The molecule has 0 fully saturated rings. The zero-order chi connectivity index (χ0) is 8.39. The number of rotatable bonds is 1. The number of hydrogen-bond acceptors (Lipinski definition) is 2. The van der Waals surface area contributed by atoms with Crippen LogP contribution in [0.3, 0.4) is 0 Å². The number of thiocarbonyl (C=S) groups is 1. The van der Waals surface area contributed by atoms with E-state index < -0.39 is 0 Å². The molecule has 3 nitrogen and oxygen atoms in total. The second kappa shape index (κ2) is 2.98. The highest BCUT2D eigenvalue weighted by molar-refractivity contribution is 7.80. The minimum Gasteiger partial charge on any atom is -0.333 e. The Kier molecular flexibility index (Phi) is 1.83. The Labute approximate surface area is 75.5 Å². The molecule has 4 heteroatoms. The lowest BCUT2D eigenvalue weighted by atomic mass is 10.2. The van der Waals surface area contributed by atoms with E-state index in [-0.39, 0.29) is 6.17 Å². The fourth-order valence-electron chi connectivity index (χ4n) is 1.07. The van der Waals surface area contributed by atoms with Crippen molar-refractivity contribution in [3.05, 3.63) is 35.9 Å². The standard InChI is InChI=1S/C8H7N3S/c12-8-9-7(10-11-8)6-4-2-1-3-5-6/h1-5,7H,(H,9,12). The highest BCUT2D eigenvalue weighted by atomic mass is 32.1. The number of azo groups is 1. The summed E-state index contributed by atoms with van der Waals surface area (Å²) in [7, 11) is 0. The Morgan fingerprint density at radius 1 is 1.25 bits per heavy atom. The summed E-state index contributed by atoms with van der Waals surface area (Å²) in [5.74, 6) is 0. The van der Waals surface area contributed by atoms with Crippen LogP contribution in [0.25, 0.3) is 0 Å². The zero-order valence-corrected chi connectivity index (χ0v) is 7.08. The Hall–Kier alpha value is -1.29. The van der Waals surface area contributed by atoms with Crippen molar-refractivity contribution in [1.82, 2.24) is 5.32 Å². The summed E-state index contributed by atoms with van der Waals surface area (Å²) < 4.78 is 0. The summed E-state index contributed by atoms with van der Waals surface area (Å²) in [6.07, 6.45) is -0.0845. The third-order valence-electron chi connectivity index (χ3n) is 1.64. The first kappa shape index (κ1) is 7.36. The molecule has 0 amide bonds. The van der Waals surface area contributed by atoms with Gasteiger partial charge in [0, 0.05) is 0 Å². The van der Waals surface area contributed by atoms with Gasteiger partial charge in [0.2, 0.25) is 5.11 Å². The van der Waals surface area contributed by atoms with Crippen molar-refractivity contribution in [3.8, 4) is 0 Å². The number of hydrogen-bond donors (Lipinski definition) is 1. The highest BCUT2D eigenvalue weighted by Crippen LogP contribution is 2.17.